The van der Waals surface area contributed by atoms with E-state index < -0.39 is 4.92 Å². The van der Waals surface area contributed by atoms with E-state index in [4.69, 9.17) is 5.14 Å². The van der Waals surface area contributed by atoms with Crippen molar-refractivity contribution in [2.75, 3.05) is 7.11 Å². The molecule has 0 heterocycles. The highest BCUT2D eigenvalue weighted by Gasteiger charge is 2.10. The Morgan fingerprint density at radius 2 is 1.78 bits per heavy atom. The van der Waals surface area contributed by atoms with E-state index in [1.807, 2.05) is 30.3 Å². The number of carbonyl (C=O) groups is 1. The number of nitro benzene ring substituents is 1. The number of esters is 1. The Morgan fingerprint density at radius 1 is 1.17 bits per heavy atom. The van der Waals surface area contributed by atoms with Crippen LogP contribution < -0.4 is 5.14 Å². The molecular weight excluding hydrogens is 316 g/mol. The predicted molar refractivity (Wildman–Crippen MR) is 89.9 cm³/mol. The zero-order valence-corrected chi connectivity index (χ0v) is 13.5. The van der Waals surface area contributed by atoms with Crippen LogP contribution in [0.3, 0.4) is 0 Å². The molecule has 0 aliphatic carbocycles. The number of ether oxygens (including phenoxy) is 1. The summed E-state index contributed by atoms with van der Waals surface area (Å²) in [6.45, 7) is 0. The average Bonchev–Trinajstić information content (AvgIpc) is 2.61. The normalized spacial score (nSPS) is 9.48. The van der Waals surface area contributed by atoms with Gasteiger partial charge in [-0.3, -0.25) is 20.0 Å². The number of nitrogens with two attached hydrogens (primary N) is 1. The maximum absolute atomic E-state index is 10.8. The van der Waals surface area contributed by atoms with Crippen LogP contribution in [0.15, 0.2) is 59.5 Å². The minimum absolute atomic E-state index is 0.0556. The lowest BCUT2D eigenvalue weighted by Crippen LogP contribution is -2.01. The number of hydrogen-bond donors (Lipinski definition) is 1. The topological polar surface area (TPSA) is 95.5 Å². The molecule has 0 amide bonds. The van der Waals surface area contributed by atoms with Crippen LogP contribution in [0.1, 0.15) is 12.0 Å². The smallest absolute Gasteiger partial charge is 0.305 e. The Kier molecular flexibility index (Phi) is 8.41. The zero-order chi connectivity index (χ0) is 17.1. The molecule has 0 bridgehead atoms. The molecule has 0 spiro atoms. The molecule has 0 radical (unpaired) electrons. The van der Waals surface area contributed by atoms with Gasteiger partial charge >= 0.3 is 5.97 Å². The molecule has 2 aromatic rings. The van der Waals surface area contributed by atoms with Gasteiger partial charge in [0.05, 0.1) is 12.0 Å². The van der Waals surface area contributed by atoms with Crippen molar-refractivity contribution < 1.29 is 14.5 Å². The second-order valence-electron chi connectivity index (χ2n) is 4.40. The van der Waals surface area contributed by atoms with Gasteiger partial charge in [0, 0.05) is 12.5 Å². The fourth-order valence-electron chi connectivity index (χ4n) is 1.70. The molecule has 122 valence electrons. The Morgan fingerprint density at radius 3 is 2.30 bits per heavy atom. The third-order valence-electron chi connectivity index (χ3n) is 2.88. The third kappa shape index (κ3) is 6.94. The van der Waals surface area contributed by atoms with E-state index in [0.717, 1.165) is 18.4 Å². The lowest BCUT2D eigenvalue weighted by molar-refractivity contribution is -0.387. The van der Waals surface area contributed by atoms with Crippen LogP contribution >= 0.6 is 11.9 Å². The molecule has 0 atom stereocenters. The summed E-state index contributed by atoms with van der Waals surface area (Å²) in [4.78, 5) is 21.1. The van der Waals surface area contributed by atoms with Crippen molar-refractivity contribution in [1.29, 1.82) is 0 Å². The molecule has 0 saturated heterocycles. The number of nitrogens with zero attached hydrogens (tertiary/aromatic N) is 1. The predicted octanol–water partition coefficient (Wildman–Crippen LogP) is 3.35. The number of carbonyl (C=O) groups excluding carboxylic acids is 1. The minimum Gasteiger partial charge on any atom is -0.469 e. The molecule has 2 rings (SSSR count). The van der Waals surface area contributed by atoms with Crippen molar-refractivity contribution in [2.45, 2.75) is 17.7 Å². The lowest BCUT2D eigenvalue weighted by atomic mass is 10.1. The first-order chi connectivity index (χ1) is 11.1. The summed E-state index contributed by atoms with van der Waals surface area (Å²) >= 11 is 0.882. The number of benzene rings is 2. The van der Waals surface area contributed by atoms with Gasteiger partial charge in [0.15, 0.2) is 0 Å². The molecular formula is C16H18N2O4S. The SMILES string of the molecule is COC(=O)CCc1ccccc1.NSc1ccccc1[N+](=O)[O-]. The summed E-state index contributed by atoms with van der Waals surface area (Å²) in [5.74, 6) is -0.154. The molecule has 0 unspecified atom stereocenters. The zero-order valence-electron chi connectivity index (χ0n) is 12.7. The van der Waals surface area contributed by atoms with E-state index >= 15 is 0 Å². The van der Waals surface area contributed by atoms with Crippen LogP contribution in [0.25, 0.3) is 0 Å². The molecule has 0 aromatic heterocycles. The van der Waals surface area contributed by atoms with Gasteiger partial charge in [-0.05, 0) is 30.0 Å². The number of methoxy groups -OCH3 is 1. The van der Waals surface area contributed by atoms with Crippen molar-refractivity contribution in [3.63, 3.8) is 0 Å². The molecule has 6 nitrogen and oxygen atoms in total. The Balaban J connectivity index is 0.000000231. The molecule has 0 fully saturated rings. The van der Waals surface area contributed by atoms with E-state index in [2.05, 4.69) is 4.74 Å². The van der Waals surface area contributed by atoms with E-state index in [1.54, 1.807) is 18.2 Å². The van der Waals surface area contributed by atoms with Gasteiger partial charge in [-0.2, -0.15) is 0 Å². The first-order valence-corrected chi connectivity index (χ1v) is 7.67. The largest absolute Gasteiger partial charge is 0.469 e. The van der Waals surface area contributed by atoms with Crippen molar-refractivity contribution in [3.8, 4) is 0 Å². The van der Waals surface area contributed by atoms with Crippen molar-refractivity contribution >= 4 is 23.6 Å². The van der Waals surface area contributed by atoms with Crippen LogP contribution in [0.2, 0.25) is 0 Å². The molecule has 23 heavy (non-hydrogen) atoms. The maximum atomic E-state index is 10.8. The number of rotatable bonds is 5. The highest BCUT2D eigenvalue weighted by atomic mass is 32.2. The van der Waals surface area contributed by atoms with Crippen LogP contribution in [-0.4, -0.2) is 18.0 Å². The number of hydrogen-bond acceptors (Lipinski definition) is 6. The van der Waals surface area contributed by atoms with Crippen LogP contribution in [0.4, 0.5) is 5.69 Å². The molecule has 7 heteroatoms. The Labute approximate surface area is 138 Å². The number of aryl methyl sites for hydroxylation is 1. The molecule has 2 N–H and O–H groups in total. The van der Waals surface area contributed by atoms with Crippen molar-refractivity contribution in [2.24, 2.45) is 5.14 Å². The standard InChI is InChI=1S/C10H12O2.C6H6N2O2S/c1-12-10(11)8-7-9-5-3-2-4-6-9;7-11-6-4-2-1-3-5(6)8(9)10/h2-6H,7-8H2,1H3;1-4H,7H2. The third-order valence-corrected chi connectivity index (χ3v) is 3.48. The monoisotopic (exact) mass is 334 g/mol. The van der Waals surface area contributed by atoms with Gasteiger partial charge in [0.25, 0.3) is 5.69 Å². The number of nitro groups is 1. The van der Waals surface area contributed by atoms with Crippen molar-refractivity contribution in [3.05, 3.63) is 70.3 Å². The average molecular weight is 334 g/mol. The first kappa shape index (κ1) is 18.7. The fraction of sp³-hybridized carbons (Fsp3) is 0.188. The van der Waals surface area contributed by atoms with Crippen molar-refractivity contribution in [1.82, 2.24) is 0 Å². The van der Waals surface area contributed by atoms with E-state index in [0.29, 0.717) is 11.3 Å². The van der Waals surface area contributed by atoms with Gasteiger partial charge < -0.3 is 4.74 Å². The summed E-state index contributed by atoms with van der Waals surface area (Å²) < 4.78 is 4.53. The van der Waals surface area contributed by atoms with Gasteiger partial charge in [0.1, 0.15) is 4.90 Å². The molecule has 0 aliphatic rings. The summed E-state index contributed by atoms with van der Waals surface area (Å²) in [7, 11) is 1.41. The van der Waals surface area contributed by atoms with E-state index in [9.17, 15) is 14.9 Å². The summed E-state index contributed by atoms with van der Waals surface area (Å²) in [6.07, 6.45) is 1.22. The maximum Gasteiger partial charge on any atom is 0.305 e. The second kappa shape index (κ2) is 10.4. The highest BCUT2D eigenvalue weighted by Crippen LogP contribution is 2.24. The van der Waals surface area contributed by atoms with E-state index in [-0.39, 0.29) is 11.7 Å². The van der Waals surface area contributed by atoms with E-state index in [1.165, 1.54) is 18.7 Å². The van der Waals surface area contributed by atoms with Gasteiger partial charge in [-0.15, -0.1) is 0 Å². The number of para-hydroxylation sites is 1. The quantitative estimate of drug-likeness (QED) is 0.390. The molecule has 0 saturated carbocycles. The van der Waals surface area contributed by atoms with Crippen LogP contribution in [0.5, 0.6) is 0 Å². The molecule has 0 aliphatic heterocycles. The first-order valence-electron chi connectivity index (χ1n) is 6.79. The lowest BCUT2D eigenvalue weighted by Gasteiger charge is -1.98. The Hall–Kier alpha value is -2.38. The highest BCUT2D eigenvalue weighted by molar-refractivity contribution is 7.97. The second-order valence-corrected chi connectivity index (χ2v) is 5.08. The summed E-state index contributed by atoms with van der Waals surface area (Å²) in [5.41, 5.74) is 1.22. The van der Waals surface area contributed by atoms with Crippen LogP contribution in [-0.2, 0) is 16.0 Å². The Bertz CT molecular complexity index is 635. The molecule has 2 aromatic carbocycles. The fourth-order valence-corrected chi connectivity index (χ4v) is 2.12. The van der Waals surface area contributed by atoms with Gasteiger partial charge in [0.2, 0.25) is 0 Å². The summed E-state index contributed by atoms with van der Waals surface area (Å²) in [5, 5.41) is 15.5. The van der Waals surface area contributed by atoms with Gasteiger partial charge in [-0.1, -0.05) is 42.5 Å². The van der Waals surface area contributed by atoms with Crippen LogP contribution in [0, 0.1) is 10.1 Å². The summed E-state index contributed by atoms with van der Waals surface area (Å²) in [6, 6.07) is 16.3. The van der Waals surface area contributed by atoms with Gasteiger partial charge in [-0.25, -0.2) is 0 Å². The minimum atomic E-state index is -0.449.